The molecule has 1 atom stereocenters. The highest BCUT2D eigenvalue weighted by Gasteiger charge is 1.95. The summed E-state index contributed by atoms with van der Waals surface area (Å²) in [7, 11) is 0. The summed E-state index contributed by atoms with van der Waals surface area (Å²) in [5.74, 6) is 0.711. The number of rotatable bonds is 2. The van der Waals surface area contributed by atoms with Gasteiger partial charge in [-0.2, -0.15) is 0 Å². The van der Waals surface area contributed by atoms with E-state index in [4.69, 9.17) is 0 Å². The molecule has 0 N–H and O–H groups in total. The number of allylic oxidation sites excluding steroid dienone is 6. The van der Waals surface area contributed by atoms with Crippen LogP contribution in [0, 0.1) is 5.92 Å². The van der Waals surface area contributed by atoms with Gasteiger partial charge in [-0.25, -0.2) is 0 Å². The molecule has 1 unspecified atom stereocenters. The highest BCUT2D eigenvalue weighted by atomic mass is 14.0. The number of hydrogen-bond acceptors (Lipinski definition) is 0. The van der Waals surface area contributed by atoms with Gasteiger partial charge in [0, 0.05) is 0 Å². The molecule has 0 aliphatic heterocycles. The molecule has 0 amide bonds. The van der Waals surface area contributed by atoms with Crippen LogP contribution in [0.3, 0.4) is 0 Å². The molecule has 0 nitrogen and oxygen atoms in total. The first-order valence-electron chi connectivity index (χ1n) is 3.89. The van der Waals surface area contributed by atoms with Crippen LogP contribution < -0.4 is 0 Å². The van der Waals surface area contributed by atoms with Gasteiger partial charge < -0.3 is 0 Å². The fourth-order valence-corrected chi connectivity index (χ4v) is 0.946. The Bertz CT molecular complexity index is 168. The van der Waals surface area contributed by atoms with Crippen molar-refractivity contribution in [2.24, 2.45) is 5.92 Å². The summed E-state index contributed by atoms with van der Waals surface area (Å²) in [5, 5.41) is 0. The van der Waals surface area contributed by atoms with Crippen LogP contribution in [-0.2, 0) is 0 Å². The Morgan fingerprint density at radius 3 is 2.50 bits per heavy atom. The summed E-state index contributed by atoms with van der Waals surface area (Å²) in [6, 6.07) is 0. The molecule has 0 aromatic carbocycles. The van der Waals surface area contributed by atoms with E-state index in [1.54, 1.807) is 0 Å². The lowest BCUT2D eigenvalue weighted by atomic mass is 10.1. The molecule has 0 bridgehead atoms. The van der Waals surface area contributed by atoms with Crippen LogP contribution in [0.25, 0.3) is 0 Å². The Morgan fingerprint density at radius 2 is 2.00 bits per heavy atom. The van der Waals surface area contributed by atoms with Crippen molar-refractivity contribution in [3.8, 4) is 0 Å². The Kier molecular flexibility index (Phi) is 2.49. The maximum atomic E-state index is 2.31. The first-order valence-corrected chi connectivity index (χ1v) is 3.89. The number of hydrogen-bond donors (Lipinski definition) is 0. The fraction of sp³-hybridized carbons (Fsp3) is 0.400. The minimum Gasteiger partial charge on any atom is -0.0744 e. The Labute approximate surface area is 62.9 Å². The van der Waals surface area contributed by atoms with Gasteiger partial charge >= 0.3 is 0 Å². The van der Waals surface area contributed by atoms with Crippen LogP contribution in [0.5, 0.6) is 0 Å². The van der Waals surface area contributed by atoms with E-state index in [9.17, 15) is 0 Å². The van der Waals surface area contributed by atoms with E-state index in [1.165, 1.54) is 12.0 Å². The van der Waals surface area contributed by atoms with Crippen LogP contribution in [0.4, 0.5) is 0 Å². The Morgan fingerprint density at radius 1 is 1.40 bits per heavy atom. The van der Waals surface area contributed by atoms with Crippen molar-refractivity contribution in [2.45, 2.75) is 20.3 Å². The van der Waals surface area contributed by atoms with E-state index in [0.717, 1.165) is 0 Å². The summed E-state index contributed by atoms with van der Waals surface area (Å²) in [5.41, 5.74) is 1.36. The molecule has 1 aliphatic rings. The molecule has 0 heteroatoms. The van der Waals surface area contributed by atoms with Crippen molar-refractivity contribution in [3.05, 3.63) is 36.0 Å². The smallest absolute Gasteiger partial charge is 0.0256 e. The van der Waals surface area contributed by atoms with Crippen molar-refractivity contribution >= 4 is 0 Å². The van der Waals surface area contributed by atoms with Gasteiger partial charge in [-0.15, -0.1) is 0 Å². The molecule has 0 fully saturated rings. The van der Waals surface area contributed by atoms with Crippen LogP contribution in [0.1, 0.15) is 20.3 Å². The van der Waals surface area contributed by atoms with E-state index < -0.39 is 0 Å². The minimum absolute atomic E-state index is 0.711. The molecule has 54 valence electrons. The lowest BCUT2D eigenvalue weighted by Gasteiger charge is -2.00. The first kappa shape index (κ1) is 7.33. The van der Waals surface area contributed by atoms with Crippen LogP contribution >= 0.6 is 0 Å². The molecule has 0 heterocycles. The molecule has 0 aromatic rings. The van der Waals surface area contributed by atoms with E-state index in [0.29, 0.717) is 5.92 Å². The lowest BCUT2D eigenvalue weighted by Crippen LogP contribution is -1.85. The van der Waals surface area contributed by atoms with Crippen molar-refractivity contribution in [1.29, 1.82) is 0 Å². The van der Waals surface area contributed by atoms with E-state index in [2.05, 4.69) is 44.2 Å². The summed E-state index contributed by atoms with van der Waals surface area (Å²) in [6.45, 7) is 4.46. The van der Waals surface area contributed by atoms with Gasteiger partial charge in [-0.1, -0.05) is 50.6 Å². The molecule has 1 rings (SSSR count). The molecular weight excluding hydrogens is 120 g/mol. The molecule has 0 spiro atoms. The minimum atomic E-state index is 0.711. The lowest BCUT2D eigenvalue weighted by molar-refractivity contribution is 0.696. The largest absolute Gasteiger partial charge is 0.0744 e. The van der Waals surface area contributed by atoms with Crippen LogP contribution in [0.2, 0.25) is 0 Å². The van der Waals surface area contributed by atoms with Crippen LogP contribution in [-0.4, -0.2) is 0 Å². The standard InChI is InChI=1S/C10H14/c1-3-9(2)8-10-6-4-5-7-10/h4-9H,3H2,1-2H3. The van der Waals surface area contributed by atoms with Crippen molar-refractivity contribution < 1.29 is 0 Å². The normalized spacial score (nSPS) is 18.0. The van der Waals surface area contributed by atoms with E-state index >= 15 is 0 Å². The predicted octanol–water partition coefficient (Wildman–Crippen LogP) is 3.08. The highest BCUT2D eigenvalue weighted by Crippen LogP contribution is 2.12. The van der Waals surface area contributed by atoms with E-state index in [1.807, 2.05) is 0 Å². The van der Waals surface area contributed by atoms with Gasteiger partial charge in [-0.3, -0.25) is 0 Å². The zero-order chi connectivity index (χ0) is 7.40. The van der Waals surface area contributed by atoms with Crippen LogP contribution in [0.15, 0.2) is 36.0 Å². The molecule has 0 saturated carbocycles. The van der Waals surface area contributed by atoms with Gasteiger partial charge in [0.05, 0.1) is 0 Å². The van der Waals surface area contributed by atoms with Crippen molar-refractivity contribution in [3.63, 3.8) is 0 Å². The third-order valence-electron chi connectivity index (χ3n) is 1.81. The SMILES string of the molecule is CCC(C)C=C1C=CC=C1. The second-order valence-corrected chi connectivity index (χ2v) is 2.77. The zero-order valence-electron chi connectivity index (χ0n) is 6.67. The maximum absolute atomic E-state index is 2.31. The third kappa shape index (κ3) is 1.87. The predicted molar refractivity (Wildman–Crippen MR) is 45.8 cm³/mol. The monoisotopic (exact) mass is 134 g/mol. The first-order chi connectivity index (χ1) is 4.83. The highest BCUT2D eigenvalue weighted by molar-refractivity contribution is 5.39. The van der Waals surface area contributed by atoms with Gasteiger partial charge in [0.25, 0.3) is 0 Å². The average molecular weight is 134 g/mol. The second-order valence-electron chi connectivity index (χ2n) is 2.77. The average Bonchev–Trinajstić information content (AvgIpc) is 2.40. The molecule has 0 saturated heterocycles. The summed E-state index contributed by atoms with van der Waals surface area (Å²) in [4.78, 5) is 0. The topological polar surface area (TPSA) is 0 Å². The zero-order valence-corrected chi connectivity index (χ0v) is 6.67. The molecular formula is C10H14. The van der Waals surface area contributed by atoms with Gasteiger partial charge in [0.2, 0.25) is 0 Å². The summed E-state index contributed by atoms with van der Waals surface area (Å²) in [6.07, 6.45) is 12.0. The quantitative estimate of drug-likeness (QED) is 0.544. The van der Waals surface area contributed by atoms with Gasteiger partial charge in [-0.05, 0) is 11.5 Å². The second kappa shape index (κ2) is 3.40. The third-order valence-corrected chi connectivity index (χ3v) is 1.81. The molecule has 0 aromatic heterocycles. The molecule has 10 heavy (non-hydrogen) atoms. The van der Waals surface area contributed by atoms with Gasteiger partial charge in [0.1, 0.15) is 0 Å². The summed E-state index contributed by atoms with van der Waals surface area (Å²) >= 11 is 0. The fourth-order valence-electron chi connectivity index (χ4n) is 0.946. The van der Waals surface area contributed by atoms with Gasteiger partial charge in [0.15, 0.2) is 0 Å². The van der Waals surface area contributed by atoms with Crippen molar-refractivity contribution in [2.75, 3.05) is 0 Å². The molecule has 0 radical (unpaired) electrons. The van der Waals surface area contributed by atoms with E-state index in [-0.39, 0.29) is 0 Å². The van der Waals surface area contributed by atoms with Crippen molar-refractivity contribution in [1.82, 2.24) is 0 Å². The summed E-state index contributed by atoms with van der Waals surface area (Å²) < 4.78 is 0. The Hall–Kier alpha value is -0.780. The maximum Gasteiger partial charge on any atom is -0.0256 e. The molecule has 1 aliphatic carbocycles. The Balaban J connectivity index is 2.54.